The van der Waals surface area contributed by atoms with Gasteiger partial charge >= 0.3 is 0 Å². The molecular weight excluding hydrogens is 344 g/mol. The molecule has 0 radical (unpaired) electrons. The fourth-order valence-electron chi connectivity index (χ4n) is 3.05. The third-order valence-corrected chi connectivity index (χ3v) is 6.12. The van der Waals surface area contributed by atoms with Gasteiger partial charge in [-0.05, 0) is 32.8 Å². The van der Waals surface area contributed by atoms with Gasteiger partial charge in [-0.2, -0.15) is 0 Å². The molecule has 21 heavy (non-hydrogen) atoms. The van der Waals surface area contributed by atoms with Crippen molar-refractivity contribution in [3.8, 4) is 0 Å². The number of thiophene rings is 1. The molecule has 0 spiro atoms. The number of hydrogen-bond acceptors (Lipinski definition) is 3. The average molecular weight is 373 g/mol. The zero-order valence-corrected chi connectivity index (χ0v) is 16.6. The Morgan fingerprint density at radius 2 is 1.90 bits per heavy atom. The molecule has 1 fully saturated rings. The predicted molar refractivity (Wildman–Crippen MR) is 96.9 cm³/mol. The highest BCUT2D eigenvalue weighted by atomic mass is 79.9. The van der Waals surface area contributed by atoms with Crippen LogP contribution in [0.25, 0.3) is 0 Å². The quantitative estimate of drug-likeness (QED) is 0.805. The van der Waals surface area contributed by atoms with E-state index in [-0.39, 0.29) is 0 Å². The van der Waals surface area contributed by atoms with Gasteiger partial charge in [0.2, 0.25) is 0 Å². The first-order chi connectivity index (χ1) is 9.57. The minimum absolute atomic E-state index is 0.296. The third kappa shape index (κ3) is 4.54. The molecule has 0 aromatic carbocycles. The second kappa shape index (κ2) is 6.31. The fourth-order valence-corrected chi connectivity index (χ4v) is 4.53. The summed E-state index contributed by atoms with van der Waals surface area (Å²) in [4.78, 5) is 4.13. The van der Waals surface area contributed by atoms with Gasteiger partial charge in [-0.25, -0.2) is 0 Å². The Hall–Kier alpha value is 0.1000. The molecule has 4 heteroatoms. The van der Waals surface area contributed by atoms with Crippen LogP contribution in [0.15, 0.2) is 15.9 Å². The van der Waals surface area contributed by atoms with Crippen molar-refractivity contribution in [1.29, 1.82) is 0 Å². The van der Waals surface area contributed by atoms with Crippen LogP contribution in [0.2, 0.25) is 0 Å². The van der Waals surface area contributed by atoms with Gasteiger partial charge in [0.25, 0.3) is 0 Å². The third-order valence-electron chi connectivity index (χ3n) is 4.44. The van der Waals surface area contributed by atoms with Crippen LogP contribution in [0.4, 0.5) is 0 Å². The molecule has 0 amide bonds. The van der Waals surface area contributed by atoms with Gasteiger partial charge in [-0.1, -0.05) is 41.5 Å². The normalized spacial score (nSPS) is 25.3. The molecule has 1 aromatic rings. The second-order valence-electron chi connectivity index (χ2n) is 8.37. The number of hydrogen-bond donors (Lipinski definition) is 1. The standard InChI is InChI=1S/C17H29BrN2S/c1-16(2,3)14-10-20(9-13-7-12(18)11-21-13)15(8-19-14)17(4,5)6/h7,11,14-15,19H,8-10H2,1-6H3. The number of halogens is 1. The summed E-state index contributed by atoms with van der Waals surface area (Å²) in [6, 6.07) is 3.40. The zero-order chi connectivity index (χ0) is 15.8. The molecule has 0 saturated carbocycles. The van der Waals surface area contributed by atoms with Crippen LogP contribution in [0.1, 0.15) is 46.4 Å². The van der Waals surface area contributed by atoms with Crippen LogP contribution in [0.3, 0.4) is 0 Å². The van der Waals surface area contributed by atoms with Crippen LogP contribution in [0, 0.1) is 10.8 Å². The van der Waals surface area contributed by atoms with Crippen LogP contribution in [-0.2, 0) is 6.54 Å². The zero-order valence-electron chi connectivity index (χ0n) is 14.2. The number of nitrogens with one attached hydrogen (secondary N) is 1. The van der Waals surface area contributed by atoms with E-state index < -0.39 is 0 Å². The Morgan fingerprint density at radius 3 is 2.38 bits per heavy atom. The summed E-state index contributed by atoms with van der Waals surface area (Å²) in [5.41, 5.74) is 0.599. The maximum atomic E-state index is 3.79. The van der Waals surface area contributed by atoms with Crippen molar-refractivity contribution >= 4 is 27.3 Å². The van der Waals surface area contributed by atoms with Gasteiger partial charge in [-0.3, -0.25) is 4.90 Å². The number of nitrogens with zero attached hydrogens (tertiary/aromatic N) is 1. The Bertz CT molecular complexity index is 470. The van der Waals surface area contributed by atoms with Crippen molar-refractivity contribution in [3.63, 3.8) is 0 Å². The molecule has 1 aliphatic rings. The fraction of sp³-hybridized carbons (Fsp3) is 0.765. The summed E-state index contributed by atoms with van der Waals surface area (Å²) in [5, 5.41) is 5.97. The van der Waals surface area contributed by atoms with Crippen LogP contribution >= 0.6 is 27.3 Å². The molecule has 2 heterocycles. The summed E-state index contributed by atoms with van der Waals surface area (Å²) < 4.78 is 1.21. The number of piperazine rings is 1. The predicted octanol–water partition coefficient (Wildman–Crippen LogP) is 4.75. The van der Waals surface area contributed by atoms with Gasteiger partial charge in [0.15, 0.2) is 0 Å². The molecule has 1 aromatic heterocycles. The first-order valence-electron chi connectivity index (χ1n) is 7.78. The summed E-state index contributed by atoms with van der Waals surface area (Å²) in [6.45, 7) is 17.3. The summed E-state index contributed by atoms with van der Waals surface area (Å²) >= 11 is 5.43. The van der Waals surface area contributed by atoms with Crippen molar-refractivity contribution in [2.75, 3.05) is 13.1 Å². The van der Waals surface area contributed by atoms with E-state index >= 15 is 0 Å². The lowest BCUT2D eigenvalue weighted by atomic mass is 9.79. The Kier molecular flexibility index (Phi) is 5.24. The van der Waals surface area contributed by atoms with Gasteiger partial charge < -0.3 is 5.32 Å². The summed E-state index contributed by atoms with van der Waals surface area (Å²) in [7, 11) is 0. The van der Waals surface area contributed by atoms with E-state index in [1.807, 2.05) is 11.3 Å². The minimum Gasteiger partial charge on any atom is -0.311 e. The smallest absolute Gasteiger partial charge is 0.0332 e. The van der Waals surface area contributed by atoms with E-state index in [9.17, 15) is 0 Å². The number of rotatable bonds is 2. The Labute approximate surface area is 142 Å². The molecule has 2 unspecified atom stereocenters. The monoisotopic (exact) mass is 372 g/mol. The highest BCUT2D eigenvalue weighted by Gasteiger charge is 2.38. The molecule has 0 bridgehead atoms. The Morgan fingerprint density at radius 1 is 1.24 bits per heavy atom. The van der Waals surface area contributed by atoms with Crippen molar-refractivity contribution in [2.24, 2.45) is 10.8 Å². The van der Waals surface area contributed by atoms with Gasteiger partial charge in [0, 0.05) is 46.4 Å². The molecule has 1 aliphatic heterocycles. The Balaban J connectivity index is 2.16. The van der Waals surface area contributed by atoms with Crippen molar-refractivity contribution < 1.29 is 0 Å². The molecule has 1 N–H and O–H groups in total. The maximum absolute atomic E-state index is 3.79. The largest absolute Gasteiger partial charge is 0.311 e. The van der Waals surface area contributed by atoms with E-state index in [2.05, 4.69) is 79.1 Å². The second-order valence-corrected chi connectivity index (χ2v) is 10.3. The summed E-state index contributed by atoms with van der Waals surface area (Å²) in [5.74, 6) is 0. The molecule has 0 aliphatic carbocycles. The van der Waals surface area contributed by atoms with E-state index in [0.29, 0.717) is 22.9 Å². The van der Waals surface area contributed by atoms with Gasteiger partial charge in [0.05, 0.1) is 0 Å². The lowest BCUT2D eigenvalue weighted by molar-refractivity contribution is 0.0255. The lowest BCUT2D eigenvalue weighted by Gasteiger charge is -2.49. The first kappa shape index (κ1) is 17.5. The first-order valence-corrected chi connectivity index (χ1v) is 9.45. The topological polar surface area (TPSA) is 15.3 Å². The van der Waals surface area contributed by atoms with Gasteiger partial charge in [0.1, 0.15) is 0 Å². The lowest BCUT2D eigenvalue weighted by Crippen LogP contribution is -2.63. The average Bonchev–Trinajstić information content (AvgIpc) is 2.72. The molecule has 1 saturated heterocycles. The summed E-state index contributed by atoms with van der Waals surface area (Å²) in [6.07, 6.45) is 0. The minimum atomic E-state index is 0.296. The van der Waals surface area contributed by atoms with E-state index in [1.165, 1.54) is 9.35 Å². The van der Waals surface area contributed by atoms with Crippen molar-refractivity contribution in [3.05, 3.63) is 20.8 Å². The molecular formula is C17H29BrN2S. The van der Waals surface area contributed by atoms with E-state index in [0.717, 1.165) is 19.6 Å². The van der Waals surface area contributed by atoms with Crippen molar-refractivity contribution in [2.45, 2.75) is 60.2 Å². The van der Waals surface area contributed by atoms with E-state index in [4.69, 9.17) is 0 Å². The molecule has 2 nitrogen and oxygen atoms in total. The SMILES string of the molecule is CC(C)(C)C1CN(Cc2cc(Br)cs2)C(C(C)(C)C)CN1. The highest BCUT2D eigenvalue weighted by molar-refractivity contribution is 9.10. The van der Waals surface area contributed by atoms with Crippen LogP contribution in [0.5, 0.6) is 0 Å². The molecule has 2 rings (SSSR count). The molecule has 2 atom stereocenters. The van der Waals surface area contributed by atoms with Crippen molar-refractivity contribution in [1.82, 2.24) is 10.2 Å². The highest BCUT2D eigenvalue weighted by Crippen LogP contribution is 2.32. The van der Waals surface area contributed by atoms with Crippen LogP contribution < -0.4 is 5.32 Å². The van der Waals surface area contributed by atoms with E-state index in [1.54, 1.807) is 0 Å². The van der Waals surface area contributed by atoms with Crippen LogP contribution in [-0.4, -0.2) is 30.1 Å². The van der Waals surface area contributed by atoms with Gasteiger partial charge in [-0.15, -0.1) is 11.3 Å². The maximum Gasteiger partial charge on any atom is 0.0332 e. The molecule has 120 valence electrons.